The summed E-state index contributed by atoms with van der Waals surface area (Å²) in [6.45, 7) is 3.70. The minimum Gasteiger partial charge on any atom is -0.408 e. The van der Waals surface area contributed by atoms with Crippen LogP contribution in [-0.2, 0) is 6.42 Å². The van der Waals surface area contributed by atoms with Gasteiger partial charge in [-0.1, -0.05) is 12.0 Å². The molecule has 1 heterocycles. The largest absolute Gasteiger partial charge is 0.408 e. The summed E-state index contributed by atoms with van der Waals surface area (Å²) in [5.74, 6) is 0.612. The fourth-order valence-corrected chi connectivity index (χ4v) is 1.64. The van der Waals surface area contributed by atoms with Crippen molar-refractivity contribution in [3.05, 3.63) is 5.89 Å². The van der Waals surface area contributed by atoms with Gasteiger partial charge >= 0.3 is 6.01 Å². The molecule has 0 saturated heterocycles. The summed E-state index contributed by atoms with van der Waals surface area (Å²) >= 11 is 0. The SMILES string of the molecule is CCC1(CNc2nnc(CCN)o2)CC1. The van der Waals surface area contributed by atoms with Gasteiger partial charge < -0.3 is 15.5 Å². The highest BCUT2D eigenvalue weighted by atomic mass is 16.4. The molecule has 5 nitrogen and oxygen atoms in total. The van der Waals surface area contributed by atoms with Crippen LogP contribution in [0.15, 0.2) is 4.42 Å². The molecule has 1 aliphatic rings. The molecule has 1 aromatic heterocycles. The summed E-state index contributed by atoms with van der Waals surface area (Å²) in [5, 5.41) is 11.0. The van der Waals surface area contributed by atoms with Crippen molar-refractivity contribution in [1.82, 2.24) is 10.2 Å². The molecule has 0 radical (unpaired) electrons. The molecule has 0 aromatic carbocycles. The molecule has 0 unspecified atom stereocenters. The van der Waals surface area contributed by atoms with E-state index in [0.29, 0.717) is 30.3 Å². The van der Waals surface area contributed by atoms with Gasteiger partial charge in [0, 0.05) is 19.5 Å². The van der Waals surface area contributed by atoms with Gasteiger partial charge in [-0.2, -0.15) is 0 Å². The molecule has 5 heteroatoms. The Morgan fingerprint density at radius 1 is 1.47 bits per heavy atom. The van der Waals surface area contributed by atoms with Crippen molar-refractivity contribution in [2.75, 3.05) is 18.4 Å². The van der Waals surface area contributed by atoms with Crippen LogP contribution < -0.4 is 11.1 Å². The van der Waals surface area contributed by atoms with Crippen LogP contribution in [0.3, 0.4) is 0 Å². The van der Waals surface area contributed by atoms with E-state index in [2.05, 4.69) is 22.4 Å². The smallest absolute Gasteiger partial charge is 0.315 e. The minimum atomic E-state index is 0.489. The summed E-state index contributed by atoms with van der Waals surface area (Å²) < 4.78 is 5.38. The first-order valence-corrected chi connectivity index (χ1v) is 5.54. The molecule has 1 saturated carbocycles. The molecule has 0 amide bonds. The molecular formula is C10H18N4O. The number of rotatable bonds is 6. The quantitative estimate of drug-likeness (QED) is 0.737. The number of hydrogen-bond donors (Lipinski definition) is 2. The van der Waals surface area contributed by atoms with Crippen molar-refractivity contribution in [2.45, 2.75) is 32.6 Å². The number of hydrogen-bond acceptors (Lipinski definition) is 5. The van der Waals surface area contributed by atoms with Gasteiger partial charge in [0.15, 0.2) is 0 Å². The number of nitrogens with one attached hydrogen (secondary N) is 1. The summed E-state index contributed by atoms with van der Waals surface area (Å²) in [7, 11) is 0. The zero-order chi connectivity index (χ0) is 10.7. The zero-order valence-corrected chi connectivity index (χ0v) is 9.12. The van der Waals surface area contributed by atoms with E-state index in [1.54, 1.807) is 0 Å². The predicted molar refractivity (Wildman–Crippen MR) is 57.5 cm³/mol. The number of nitrogens with two attached hydrogens (primary N) is 1. The van der Waals surface area contributed by atoms with E-state index in [1.807, 2.05) is 0 Å². The van der Waals surface area contributed by atoms with Crippen molar-refractivity contribution in [3.63, 3.8) is 0 Å². The standard InChI is InChI=1S/C10H18N4O/c1-2-10(4-5-10)7-12-9-14-13-8(15-9)3-6-11/h2-7,11H2,1H3,(H,12,14). The third-order valence-corrected chi connectivity index (χ3v) is 3.15. The minimum absolute atomic E-state index is 0.489. The van der Waals surface area contributed by atoms with Crippen LogP contribution >= 0.6 is 0 Å². The molecule has 84 valence electrons. The summed E-state index contributed by atoms with van der Waals surface area (Å²) in [4.78, 5) is 0. The van der Waals surface area contributed by atoms with E-state index in [1.165, 1.54) is 19.3 Å². The van der Waals surface area contributed by atoms with Crippen LogP contribution in [0.1, 0.15) is 32.1 Å². The van der Waals surface area contributed by atoms with Crippen LogP contribution in [-0.4, -0.2) is 23.3 Å². The van der Waals surface area contributed by atoms with Crippen molar-refractivity contribution in [3.8, 4) is 0 Å². The molecule has 1 aliphatic carbocycles. The maximum Gasteiger partial charge on any atom is 0.315 e. The molecule has 2 rings (SSSR count). The number of aromatic nitrogens is 2. The Labute approximate surface area is 89.4 Å². The predicted octanol–water partition coefficient (Wildman–Crippen LogP) is 1.17. The third-order valence-electron chi connectivity index (χ3n) is 3.15. The lowest BCUT2D eigenvalue weighted by Gasteiger charge is -2.10. The molecule has 0 aliphatic heterocycles. The van der Waals surface area contributed by atoms with Crippen LogP contribution in [0.5, 0.6) is 0 Å². The maximum atomic E-state index is 5.40. The van der Waals surface area contributed by atoms with Gasteiger partial charge in [-0.25, -0.2) is 0 Å². The Balaban J connectivity index is 1.83. The Hall–Kier alpha value is -1.10. The molecule has 0 bridgehead atoms. The average Bonchev–Trinajstić information content (AvgIpc) is 2.91. The lowest BCUT2D eigenvalue weighted by atomic mass is 10.0. The number of anilines is 1. The zero-order valence-electron chi connectivity index (χ0n) is 9.12. The van der Waals surface area contributed by atoms with E-state index in [-0.39, 0.29) is 0 Å². The van der Waals surface area contributed by atoms with Crippen molar-refractivity contribution >= 4 is 6.01 Å². The van der Waals surface area contributed by atoms with E-state index >= 15 is 0 Å². The van der Waals surface area contributed by atoms with Gasteiger partial charge in [-0.3, -0.25) is 0 Å². The first-order chi connectivity index (χ1) is 7.28. The summed E-state index contributed by atoms with van der Waals surface area (Å²) in [6, 6.07) is 0.526. The van der Waals surface area contributed by atoms with E-state index in [9.17, 15) is 0 Å². The third kappa shape index (κ3) is 2.47. The van der Waals surface area contributed by atoms with Crippen LogP contribution in [0, 0.1) is 5.41 Å². The van der Waals surface area contributed by atoms with E-state index in [4.69, 9.17) is 10.2 Å². The fourth-order valence-electron chi connectivity index (χ4n) is 1.64. The van der Waals surface area contributed by atoms with Crippen molar-refractivity contribution in [2.24, 2.45) is 11.1 Å². The maximum absolute atomic E-state index is 5.40. The normalized spacial score (nSPS) is 17.7. The molecular weight excluding hydrogens is 192 g/mol. The van der Waals surface area contributed by atoms with Gasteiger partial charge in [0.05, 0.1) is 0 Å². The summed E-state index contributed by atoms with van der Waals surface area (Å²) in [6.07, 6.45) is 4.47. The molecule has 3 N–H and O–H groups in total. The van der Waals surface area contributed by atoms with Crippen molar-refractivity contribution in [1.29, 1.82) is 0 Å². The Morgan fingerprint density at radius 2 is 2.27 bits per heavy atom. The second-order valence-electron chi connectivity index (χ2n) is 4.25. The van der Waals surface area contributed by atoms with Gasteiger partial charge in [-0.05, 0) is 24.7 Å². The molecule has 0 atom stereocenters. The Bertz CT molecular complexity index is 319. The van der Waals surface area contributed by atoms with Gasteiger partial charge in [-0.15, -0.1) is 5.10 Å². The molecule has 15 heavy (non-hydrogen) atoms. The van der Waals surface area contributed by atoms with E-state index < -0.39 is 0 Å². The average molecular weight is 210 g/mol. The second-order valence-corrected chi connectivity index (χ2v) is 4.25. The fraction of sp³-hybridized carbons (Fsp3) is 0.800. The topological polar surface area (TPSA) is 77.0 Å². The van der Waals surface area contributed by atoms with Crippen molar-refractivity contribution < 1.29 is 4.42 Å². The lowest BCUT2D eigenvalue weighted by Crippen LogP contribution is -2.14. The first-order valence-electron chi connectivity index (χ1n) is 5.54. The Kier molecular flexibility index (Phi) is 2.90. The van der Waals surface area contributed by atoms with Gasteiger partial charge in [0.1, 0.15) is 0 Å². The highest BCUT2D eigenvalue weighted by Crippen LogP contribution is 2.48. The van der Waals surface area contributed by atoms with Crippen LogP contribution in [0.2, 0.25) is 0 Å². The summed E-state index contributed by atoms with van der Waals surface area (Å²) in [5.41, 5.74) is 5.88. The van der Waals surface area contributed by atoms with E-state index in [0.717, 1.165) is 6.54 Å². The monoisotopic (exact) mass is 210 g/mol. The second kappa shape index (κ2) is 4.18. The molecule has 0 spiro atoms. The highest BCUT2D eigenvalue weighted by molar-refractivity contribution is 5.19. The number of nitrogens with zero attached hydrogens (tertiary/aromatic N) is 2. The lowest BCUT2D eigenvalue weighted by molar-refractivity contribution is 0.481. The van der Waals surface area contributed by atoms with Gasteiger partial charge in [0.2, 0.25) is 5.89 Å². The molecule has 1 fully saturated rings. The van der Waals surface area contributed by atoms with Crippen LogP contribution in [0.4, 0.5) is 6.01 Å². The highest BCUT2D eigenvalue weighted by Gasteiger charge is 2.40. The Morgan fingerprint density at radius 3 is 2.87 bits per heavy atom. The first kappa shape index (κ1) is 10.4. The van der Waals surface area contributed by atoms with Crippen LogP contribution in [0.25, 0.3) is 0 Å². The molecule has 1 aromatic rings. The van der Waals surface area contributed by atoms with Gasteiger partial charge in [0.25, 0.3) is 0 Å².